The second-order valence-corrected chi connectivity index (χ2v) is 4.30. The Morgan fingerprint density at radius 1 is 0.944 bits per heavy atom. The summed E-state index contributed by atoms with van der Waals surface area (Å²) in [6.07, 6.45) is -0.452. The SMILES string of the molecule is CCN(C[C@H](O)c1ccccc1)c1ccccc1. The highest BCUT2D eigenvalue weighted by Crippen LogP contribution is 2.19. The molecule has 2 aromatic rings. The molecule has 94 valence electrons. The van der Waals surface area contributed by atoms with Crippen LogP contribution >= 0.6 is 0 Å². The number of anilines is 1. The van der Waals surface area contributed by atoms with Gasteiger partial charge in [0.15, 0.2) is 0 Å². The van der Waals surface area contributed by atoms with E-state index in [1.54, 1.807) is 0 Å². The molecular weight excluding hydrogens is 222 g/mol. The Kier molecular flexibility index (Phi) is 4.37. The van der Waals surface area contributed by atoms with Crippen molar-refractivity contribution in [2.75, 3.05) is 18.0 Å². The minimum absolute atomic E-state index is 0.452. The number of hydrogen-bond donors (Lipinski definition) is 1. The average Bonchev–Trinajstić information content (AvgIpc) is 2.46. The largest absolute Gasteiger partial charge is 0.387 e. The zero-order valence-corrected chi connectivity index (χ0v) is 10.7. The molecule has 2 rings (SSSR count). The molecule has 0 aliphatic rings. The van der Waals surface area contributed by atoms with E-state index in [0.717, 1.165) is 17.8 Å². The number of benzene rings is 2. The Morgan fingerprint density at radius 3 is 2.06 bits per heavy atom. The molecule has 18 heavy (non-hydrogen) atoms. The first-order valence-corrected chi connectivity index (χ1v) is 6.34. The van der Waals surface area contributed by atoms with Gasteiger partial charge >= 0.3 is 0 Å². The van der Waals surface area contributed by atoms with E-state index in [9.17, 15) is 5.11 Å². The van der Waals surface area contributed by atoms with Crippen LogP contribution in [0.4, 0.5) is 5.69 Å². The first kappa shape index (κ1) is 12.7. The Labute approximate surface area is 109 Å². The van der Waals surface area contributed by atoms with Gasteiger partial charge in [-0.05, 0) is 24.6 Å². The zero-order valence-electron chi connectivity index (χ0n) is 10.7. The number of likely N-dealkylation sites (N-methyl/N-ethyl adjacent to an activating group) is 1. The first-order valence-electron chi connectivity index (χ1n) is 6.34. The number of aliphatic hydroxyl groups excluding tert-OH is 1. The fourth-order valence-electron chi connectivity index (χ4n) is 2.05. The minimum Gasteiger partial charge on any atom is -0.387 e. The van der Waals surface area contributed by atoms with Crippen molar-refractivity contribution in [3.05, 3.63) is 66.2 Å². The summed E-state index contributed by atoms with van der Waals surface area (Å²) in [7, 11) is 0. The van der Waals surface area contributed by atoms with Crippen molar-refractivity contribution < 1.29 is 5.11 Å². The highest BCUT2D eigenvalue weighted by Gasteiger charge is 2.12. The molecule has 0 bridgehead atoms. The van der Waals surface area contributed by atoms with Gasteiger partial charge in [0, 0.05) is 18.8 Å². The molecule has 0 unspecified atom stereocenters. The molecule has 0 heterocycles. The third kappa shape index (κ3) is 3.11. The maximum Gasteiger partial charge on any atom is 0.0964 e. The lowest BCUT2D eigenvalue weighted by Crippen LogP contribution is -2.28. The van der Waals surface area contributed by atoms with Gasteiger partial charge in [-0.2, -0.15) is 0 Å². The van der Waals surface area contributed by atoms with E-state index >= 15 is 0 Å². The van der Waals surface area contributed by atoms with Crippen LogP contribution in [-0.2, 0) is 0 Å². The van der Waals surface area contributed by atoms with E-state index < -0.39 is 6.10 Å². The molecule has 0 fully saturated rings. The Bertz CT molecular complexity index is 455. The summed E-state index contributed by atoms with van der Waals surface area (Å²) in [5.74, 6) is 0. The lowest BCUT2D eigenvalue weighted by molar-refractivity contribution is 0.183. The van der Waals surface area contributed by atoms with Crippen molar-refractivity contribution in [3.63, 3.8) is 0 Å². The number of para-hydroxylation sites is 1. The average molecular weight is 241 g/mol. The fourth-order valence-corrected chi connectivity index (χ4v) is 2.05. The van der Waals surface area contributed by atoms with Crippen LogP contribution in [0.1, 0.15) is 18.6 Å². The predicted molar refractivity (Wildman–Crippen MR) is 75.7 cm³/mol. The molecule has 0 aliphatic carbocycles. The van der Waals surface area contributed by atoms with E-state index in [-0.39, 0.29) is 0 Å². The summed E-state index contributed by atoms with van der Waals surface area (Å²) < 4.78 is 0. The van der Waals surface area contributed by atoms with Crippen molar-refractivity contribution in [2.24, 2.45) is 0 Å². The van der Waals surface area contributed by atoms with Crippen LogP contribution < -0.4 is 4.90 Å². The third-order valence-corrected chi connectivity index (χ3v) is 3.08. The van der Waals surface area contributed by atoms with Crippen LogP contribution in [-0.4, -0.2) is 18.2 Å². The van der Waals surface area contributed by atoms with Gasteiger partial charge in [-0.15, -0.1) is 0 Å². The van der Waals surface area contributed by atoms with Gasteiger partial charge in [0.2, 0.25) is 0 Å². The second-order valence-electron chi connectivity index (χ2n) is 4.30. The van der Waals surface area contributed by atoms with Crippen molar-refractivity contribution in [1.29, 1.82) is 0 Å². The maximum atomic E-state index is 10.2. The fraction of sp³-hybridized carbons (Fsp3) is 0.250. The monoisotopic (exact) mass is 241 g/mol. The number of aliphatic hydroxyl groups is 1. The molecule has 0 saturated heterocycles. The smallest absolute Gasteiger partial charge is 0.0964 e. The quantitative estimate of drug-likeness (QED) is 0.868. The molecule has 0 spiro atoms. The highest BCUT2D eigenvalue weighted by molar-refractivity contribution is 5.46. The summed E-state index contributed by atoms with van der Waals surface area (Å²) in [6, 6.07) is 20.0. The van der Waals surface area contributed by atoms with E-state index in [1.165, 1.54) is 0 Å². The Morgan fingerprint density at radius 2 is 1.50 bits per heavy atom. The van der Waals surface area contributed by atoms with Crippen molar-refractivity contribution in [2.45, 2.75) is 13.0 Å². The lowest BCUT2D eigenvalue weighted by atomic mass is 10.1. The van der Waals surface area contributed by atoms with Crippen LogP contribution in [0.3, 0.4) is 0 Å². The van der Waals surface area contributed by atoms with Crippen LogP contribution in [0, 0.1) is 0 Å². The maximum absolute atomic E-state index is 10.2. The molecule has 2 heteroatoms. The van der Waals surface area contributed by atoms with Crippen molar-refractivity contribution >= 4 is 5.69 Å². The number of nitrogens with zero attached hydrogens (tertiary/aromatic N) is 1. The van der Waals surface area contributed by atoms with E-state index in [2.05, 4.69) is 24.0 Å². The van der Waals surface area contributed by atoms with Gasteiger partial charge in [0.05, 0.1) is 6.10 Å². The third-order valence-electron chi connectivity index (χ3n) is 3.08. The topological polar surface area (TPSA) is 23.5 Å². The zero-order chi connectivity index (χ0) is 12.8. The summed E-state index contributed by atoms with van der Waals surface area (Å²) in [5, 5.41) is 10.2. The molecule has 0 aromatic heterocycles. The summed E-state index contributed by atoms with van der Waals surface area (Å²) in [5.41, 5.74) is 2.11. The molecule has 0 saturated carbocycles. The van der Waals surface area contributed by atoms with E-state index in [4.69, 9.17) is 0 Å². The summed E-state index contributed by atoms with van der Waals surface area (Å²) in [6.45, 7) is 3.60. The van der Waals surface area contributed by atoms with Crippen molar-refractivity contribution in [1.82, 2.24) is 0 Å². The molecule has 2 nitrogen and oxygen atoms in total. The minimum atomic E-state index is -0.452. The van der Waals surface area contributed by atoms with Gasteiger partial charge in [0.25, 0.3) is 0 Å². The highest BCUT2D eigenvalue weighted by atomic mass is 16.3. The van der Waals surface area contributed by atoms with Crippen LogP contribution in [0.25, 0.3) is 0 Å². The molecule has 1 atom stereocenters. The van der Waals surface area contributed by atoms with E-state index in [1.807, 2.05) is 48.5 Å². The van der Waals surface area contributed by atoms with Crippen molar-refractivity contribution in [3.8, 4) is 0 Å². The summed E-state index contributed by atoms with van der Waals surface area (Å²) >= 11 is 0. The molecule has 0 amide bonds. The van der Waals surface area contributed by atoms with Gasteiger partial charge in [0.1, 0.15) is 0 Å². The molecule has 1 N–H and O–H groups in total. The molecule has 2 aromatic carbocycles. The number of hydrogen-bond acceptors (Lipinski definition) is 2. The molecule has 0 aliphatic heterocycles. The summed E-state index contributed by atoms with van der Waals surface area (Å²) in [4.78, 5) is 2.18. The van der Waals surface area contributed by atoms with Crippen LogP contribution in [0.15, 0.2) is 60.7 Å². The normalized spacial score (nSPS) is 12.1. The van der Waals surface area contributed by atoms with Gasteiger partial charge in [-0.1, -0.05) is 48.5 Å². The van der Waals surface area contributed by atoms with Gasteiger partial charge in [-0.3, -0.25) is 0 Å². The molecule has 0 radical (unpaired) electrons. The van der Waals surface area contributed by atoms with Gasteiger partial charge in [-0.25, -0.2) is 0 Å². The standard InChI is InChI=1S/C16H19NO/c1-2-17(15-11-7-4-8-12-15)13-16(18)14-9-5-3-6-10-14/h3-12,16,18H,2,13H2,1H3/t16-/m0/s1. The van der Waals surface area contributed by atoms with E-state index in [0.29, 0.717) is 6.54 Å². The Balaban J connectivity index is 2.07. The molecular formula is C16H19NO. The van der Waals surface area contributed by atoms with Gasteiger partial charge < -0.3 is 10.0 Å². The number of rotatable bonds is 5. The Hall–Kier alpha value is -1.80. The van der Waals surface area contributed by atoms with Crippen LogP contribution in [0.2, 0.25) is 0 Å². The first-order chi connectivity index (χ1) is 8.81. The second kappa shape index (κ2) is 6.22. The predicted octanol–water partition coefficient (Wildman–Crippen LogP) is 3.25. The van der Waals surface area contributed by atoms with Crippen LogP contribution in [0.5, 0.6) is 0 Å². The lowest BCUT2D eigenvalue weighted by Gasteiger charge is -2.26.